The van der Waals surface area contributed by atoms with Gasteiger partial charge in [-0.1, -0.05) is 59.8 Å². The summed E-state index contributed by atoms with van der Waals surface area (Å²) in [5.74, 6) is 2.18. The van der Waals surface area contributed by atoms with Crippen LogP contribution in [0.15, 0.2) is 0 Å². The third-order valence-electron chi connectivity index (χ3n) is 14.2. The molecule has 5 fully saturated rings. The molecule has 0 aromatic carbocycles. The number of aliphatic hydroxyl groups is 5. The van der Waals surface area contributed by atoms with Gasteiger partial charge in [0.25, 0.3) is 0 Å². The molecule has 9 nitrogen and oxygen atoms in total. The van der Waals surface area contributed by atoms with Crippen LogP contribution in [0.3, 0.4) is 0 Å². The van der Waals surface area contributed by atoms with E-state index in [2.05, 4.69) is 27.7 Å². The van der Waals surface area contributed by atoms with Crippen LogP contribution in [0.2, 0.25) is 0 Å². The lowest BCUT2D eigenvalue weighted by Gasteiger charge is -2.62. The van der Waals surface area contributed by atoms with Crippen molar-refractivity contribution in [3.8, 4) is 0 Å². The van der Waals surface area contributed by atoms with Gasteiger partial charge in [0.1, 0.15) is 18.3 Å². The number of hydrogen-bond donors (Lipinski definition) is 5. The van der Waals surface area contributed by atoms with Crippen LogP contribution in [-0.4, -0.2) is 87.6 Å². The first-order chi connectivity index (χ1) is 22.4. The van der Waals surface area contributed by atoms with Crippen molar-refractivity contribution in [2.45, 2.75) is 173 Å². The Bertz CT molecular complexity index is 1010. The Morgan fingerprint density at radius 2 is 1.66 bits per heavy atom. The first-order valence-corrected chi connectivity index (χ1v) is 19.2. The minimum absolute atomic E-state index is 0.162. The van der Waals surface area contributed by atoms with E-state index < -0.39 is 43.3 Å². The van der Waals surface area contributed by atoms with E-state index >= 15 is 0 Å². The van der Waals surface area contributed by atoms with Gasteiger partial charge in [-0.15, -0.1) is 0 Å². The fraction of sp³-hybridized carbons (Fsp3) is 0.974. The number of unbranched alkanes of at least 4 members (excludes halogenated alkanes) is 5. The molecule has 5 N–H and O–H groups in total. The molecule has 0 spiro atoms. The van der Waals surface area contributed by atoms with Crippen LogP contribution in [0.25, 0.3) is 0 Å². The molecule has 47 heavy (non-hydrogen) atoms. The average Bonchev–Trinajstić information content (AvgIpc) is 3.42. The van der Waals surface area contributed by atoms with Crippen LogP contribution in [0, 0.1) is 46.3 Å². The minimum Gasteiger partial charge on any atom is -0.454 e. The number of esters is 1. The number of ether oxygens (including phenoxy) is 3. The van der Waals surface area contributed by atoms with Crippen molar-refractivity contribution < 1.29 is 44.5 Å². The summed E-state index contributed by atoms with van der Waals surface area (Å²) >= 11 is 0. The van der Waals surface area contributed by atoms with E-state index in [0.717, 1.165) is 57.8 Å². The van der Waals surface area contributed by atoms with Crippen molar-refractivity contribution in [3.63, 3.8) is 0 Å². The molecule has 4 aliphatic carbocycles. The molecular formula is C38H66O9. The third kappa shape index (κ3) is 7.62. The van der Waals surface area contributed by atoms with Gasteiger partial charge in [0.15, 0.2) is 12.4 Å². The van der Waals surface area contributed by atoms with Crippen LogP contribution >= 0.6 is 0 Å². The molecule has 1 aliphatic heterocycles. The van der Waals surface area contributed by atoms with Crippen LogP contribution in [0.1, 0.15) is 130 Å². The summed E-state index contributed by atoms with van der Waals surface area (Å²) in [5.41, 5.74) is 0.0143. The van der Waals surface area contributed by atoms with E-state index in [1.54, 1.807) is 0 Å². The number of carbonyl (C=O) groups excluding carboxylic acids is 1. The molecule has 0 aromatic rings. The highest BCUT2D eigenvalue weighted by Gasteiger charge is 2.63. The van der Waals surface area contributed by atoms with Gasteiger partial charge >= 0.3 is 5.97 Å². The standard InChI is InChI=1S/C38H66O9/c1-5-6-7-8-9-10-19-45-36-35(34(44)33(43)30(22-39)46-36)47-32(42)16-11-23(2)27-14-15-28-26-13-12-24-20-25(40)17-18-37(24,3)29(26)21-31(41)38(27,28)4/h23-31,33-36,39-41,43-44H,5-22H2,1-4H3/t23-,24-,25-,26?,27-,28?,29?,30-,31+,33-,34+,35-,36?,37+,38-/m1/s1. The summed E-state index contributed by atoms with van der Waals surface area (Å²) in [6.07, 6.45) is 8.84. The third-order valence-corrected chi connectivity index (χ3v) is 14.2. The van der Waals surface area contributed by atoms with Crippen molar-refractivity contribution in [1.82, 2.24) is 0 Å². The summed E-state index contributed by atoms with van der Waals surface area (Å²) in [4.78, 5) is 13.2. The average molecular weight is 667 g/mol. The monoisotopic (exact) mass is 666 g/mol. The second-order valence-electron chi connectivity index (χ2n) is 16.7. The molecule has 0 radical (unpaired) electrons. The molecule has 0 bridgehead atoms. The molecule has 5 aliphatic rings. The van der Waals surface area contributed by atoms with Gasteiger partial charge in [0.05, 0.1) is 18.8 Å². The molecule has 5 rings (SSSR count). The SMILES string of the molecule is CCCCCCCCOC1O[C@H](CO)[C@@H](O)[C@H](O)[C@H]1OC(=O)CC[C@@H](C)[C@H]1CCC2C3CC[C@@H]4C[C@H](O)CC[C@]4(C)C3C[C@H](O)[C@@]21C. The Labute approximate surface area is 283 Å². The molecule has 4 unspecified atom stereocenters. The number of fused-ring (bicyclic) bond motifs is 5. The zero-order valence-electron chi connectivity index (χ0n) is 29.6. The van der Waals surface area contributed by atoms with Crippen molar-refractivity contribution in [1.29, 1.82) is 0 Å². The van der Waals surface area contributed by atoms with Crippen molar-refractivity contribution >= 4 is 5.97 Å². The maximum atomic E-state index is 13.2. The molecule has 0 aromatic heterocycles. The van der Waals surface area contributed by atoms with Gasteiger partial charge in [-0.05, 0) is 111 Å². The van der Waals surface area contributed by atoms with Crippen molar-refractivity contribution in [3.05, 3.63) is 0 Å². The maximum absolute atomic E-state index is 13.2. The Balaban J connectivity index is 1.16. The number of rotatable bonds is 14. The summed E-state index contributed by atoms with van der Waals surface area (Å²) in [6.45, 7) is 9.02. The van der Waals surface area contributed by atoms with Gasteiger partial charge in [-0.3, -0.25) is 4.79 Å². The van der Waals surface area contributed by atoms with E-state index in [-0.39, 0.29) is 35.4 Å². The lowest BCUT2D eigenvalue weighted by molar-refractivity contribution is -0.304. The Morgan fingerprint density at radius 3 is 2.40 bits per heavy atom. The summed E-state index contributed by atoms with van der Waals surface area (Å²) in [6, 6.07) is 0. The first-order valence-electron chi connectivity index (χ1n) is 19.2. The Morgan fingerprint density at radius 1 is 0.915 bits per heavy atom. The normalized spacial score (nSPS) is 45.5. The molecule has 1 saturated heterocycles. The first kappa shape index (κ1) is 37.4. The zero-order valence-corrected chi connectivity index (χ0v) is 29.6. The van der Waals surface area contributed by atoms with Gasteiger partial charge < -0.3 is 39.7 Å². The van der Waals surface area contributed by atoms with E-state index in [9.17, 15) is 30.3 Å². The lowest BCUT2D eigenvalue weighted by atomic mass is 9.43. The fourth-order valence-corrected chi connectivity index (χ4v) is 11.3. The topological polar surface area (TPSA) is 146 Å². The molecule has 1 heterocycles. The predicted octanol–water partition coefficient (Wildman–Crippen LogP) is 5.12. The Kier molecular flexibility index (Phi) is 12.8. The largest absolute Gasteiger partial charge is 0.454 e. The maximum Gasteiger partial charge on any atom is 0.306 e. The molecule has 272 valence electrons. The lowest BCUT2D eigenvalue weighted by Crippen LogP contribution is -2.60. The smallest absolute Gasteiger partial charge is 0.306 e. The number of aliphatic hydroxyl groups excluding tert-OH is 5. The van der Waals surface area contributed by atoms with E-state index in [4.69, 9.17) is 14.2 Å². The van der Waals surface area contributed by atoms with Gasteiger partial charge in [-0.25, -0.2) is 0 Å². The highest BCUT2D eigenvalue weighted by Crippen LogP contribution is 2.68. The Hall–Kier alpha value is -0.810. The van der Waals surface area contributed by atoms with Crippen LogP contribution in [0.4, 0.5) is 0 Å². The van der Waals surface area contributed by atoms with Gasteiger partial charge in [0, 0.05) is 13.0 Å². The highest BCUT2D eigenvalue weighted by atomic mass is 16.7. The quantitative estimate of drug-likeness (QED) is 0.126. The van der Waals surface area contributed by atoms with Crippen LogP contribution < -0.4 is 0 Å². The van der Waals surface area contributed by atoms with E-state index in [1.807, 2.05) is 0 Å². The number of carbonyl (C=O) groups is 1. The number of hydrogen-bond acceptors (Lipinski definition) is 9. The minimum atomic E-state index is -1.43. The summed E-state index contributed by atoms with van der Waals surface area (Å²) in [7, 11) is 0. The summed E-state index contributed by atoms with van der Waals surface area (Å²) in [5, 5.41) is 53.3. The summed E-state index contributed by atoms with van der Waals surface area (Å²) < 4.78 is 17.4. The van der Waals surface area contributed by atoms with Crippen molar-refractivity contribution in [2.24, 2.45) is 46.3 Å². The van der Waals surface area contributed by atoms with Crippen LogP contribution in [0.5, 0.6) is 0 Å². The fourth-order valence-electron chi connectivity index (χ4n) is 11.3. The molecular weight excluding hydrogens is 600 g/mol. The van der Waals surface area contributed by atoms with E-state index in [0.29, 0.717) is 42.6 Å². The molecule has 0 amide bonds. The van der Waals surface area contributed by atoms with Crippen molar-refractivity contribution in [2.75, 3.05) is 13.2 Å². The molecule has 9 heteroatoms. The second-order valence-corrected chi connectivity index (χ2v) is 16.7. The van der Waals surface area contributed by atoms with Crippen LogP contribution in [-0.2, 0) is 19.0 Å². The predicted molar refractivity (Wildman–Crippen MR) is 178 cm³/mol. The van der Waals surface area contributed by atoms with Gasteiger partial charge in [0.2, 0.25) is 0 Å². The van der Waals surface area contributed by atoms with E-state index in [1.165, 1.54) is 32.1 Å². The highest BCUT2D eigenvalue weighted by molar-refractivity contribution is 5.69. The second kappa shape index (κ2) is 16.0. The van der Waals surface area contributed by atoms with Gasteiger partial charge in [-0.2, -0.15) is 0 Å². The molecule has 4 saturated carbocycles. The molecule has 15 atom stereocenters. The zero-order chi connectivity index (χ0) is 33.9.